The van der Waals surface area contributed by atoms with Crippen LogP contribution in [-0.4, -0.2) is 50.6 Å². The van der Waals surface area contributed by atoms with Gasteiger partial charge in [0, 0.05) is 5.56 Å². The maximum atomic E-state index is 11.0. The monoisotopic (exact) mass is 452 g/mol. The SMILES string of the molecule is CCc1ccc(Cc2cc3c(c4ccccc24)CO[C@]32S[C@H](CO)[C@@H](O)[C@H](O)[C@H]2O)cc1. The van der Waals surface area contributed by atoms with Crippen molar-refractivity contribution in [3.05, 3.63) is 82.4 Å². The summed E-state index contributed by atoms with van der Waals surface area (Å²) in [5.41, 5.74) is 5.41. The van der Waals surface area contributed by atoms with Crippen LogP contribution in [0.3, 0.4) is 0 Å². The molecule has 6 heteroatoms. The van der Waals surface area contributed by atoms with E-state index in [-0.39, 0.29) is 6.61 Å². The number of aryl methyl sites for hydroxylation is 1. The average Bonchev–Trinajstić information content (AvgIpc) is 3.20. The summed E-state index contributed by atoms with van der Waals surface area (Å²) in [4.78, 5) is -1.23. The molecule has 2 heterocycles. The molecule has 2 aliphatic rings. The van der Waals surface area contributed by atoms with Crippen LogP contribution in [0.15, 0.2) is 54.6 Å². The van der Waals surface area contributed by atoms with Gasteiger partial charge in [0.15, 0.2) is 4.93 Å². The molecular formula is C26H28O5S. The lowest BCUT2D eigenvalue weighted by molar-refractivity contribution is -0.147. The first-order chi connectivity index (χ1) is 15.5. The van der Waals surface area contributed by atoms with E-state index >= 15 is 0 Å². The number of aliphatic hydroxyl groups excluding tert-OH is 4. The Kier molecular flexibility index (Phi) is 5.78. The van der Waals surface area contributed by atoms with E-state index in [0.29, 0.717) is 6.61 Å². The van der Waals surface area contributed by atoms with Crippen molar-refractivity contribution < 1.29 is 25.2 Å². The summed E-state index contributed by atoms with van der Waals surface area (Å²) < 4.78 is 6.19. The molecule has 0 radical (unpaired) electrons. The number of thioether (sulfide) groups is 1. The van der Waals surface area contributed by atoms with E-state index in [0.717, 1.165) is 40.3 Å². The van der Waals surface area contributed by atoms with Gasteiger partial charge in [-0.3, -0.25) is 0 Å². The molecule has 5 rings (SSSR count). The van der Waals surface area contributed by atoms with Crippen molar-refractivity contribution in [2.75, 3.05) is 6.61 Å². The summed E-state index contributed by atoms with van der Waals surface area (Å²) in [5, 5.41) is 43.3. The Balaban J connectivity index is 1.64. The topological polar surface area (TPSA) is 90.2 Å². The van der Waals surface area contributed by atoms with Gasteiger partial charge in [0.2, 0.25) is 0 Å². The fourth-order valence-electron chi connectivity index (χ4n) is 4.98. The van der Waals surface area contributed by atoms with Gasteiger partial charge in [0.1, 0.15) is 12.2 Å². The molecule has 5 atom stereocenters. The van der Waals surface area contributed by atoms with E-state index in [9.17, 15) is 20.4 Å². The Morgan fingerprint density at radius 3 is 2.34 bits per heavy atom. The van der Waals surface area contributed by atoms with E-state index < -0.39 is 28.5 Å². The zero-order valence-electron chi connectivity index (χ0n) is 17.9. The summed E-state index contributed by atoms with van der Waals surface area (Å²) in [7, 11) is 0. The molecule has 0 unspecified atom stereocenters. The van der Waals surface area contributed by atoms with Gasteiger partial charge in [-0.1, -0.05) is 61.5 Å². The number of fused-ring (bicyclic) bond motifs is 4. The molecular weight excluding hydrogens is 424 g/mol. The fourth-order valence-corrected chi connectivity index (χ4v) is 6.52. The van der Waals surface area contributed by atoms with Crippen molar-refractivity contribution in [2.45, 2.75) is 54.9 Å². The predicted molar refractivity (Wildman–Crippen MR) is 126 cm³/mol. The molecule has 3 aromatic rings. The van der Waals surface area contributed by atoms with Gasteiger partial charge in [-0.2, -0.15) is 0 Å². The first-order valence-corrected chi connectivity index (χ1v) is 11.9. The van der Waals surface area contributed by atoms with Crippen LogP contribution in [0, 0.1) is 0 Å². The van der Waals surface area contributed by atoms with Crippen LogP contribution in [0.4, 0.5) is 0 Å². The molecule has 0 aromatic heterocycles. The Hall–Kier alpha value is -1.93. The molecule has 4 N–H and O–H groups in total. The second-order valence-electron chi connectivity index (χ2n) is 8.68. The lowest BCUT2D eigenvalue weighted by Crippen LogP contribution is -2.58. The van der Waals surface area contributed by atoms with Gasteiger partial charge in [-0.15, -0.1) is 11.8 Å². The molecule has 5 nitrogen and oxygen atoms in total. The average molecular weight is 453 g/mol. The minimum atomic E-state index is -1.41. The highest BCUT2D eigenvalue weighted by Crippen LogP contribution is 2.55. The lowest BCUT2D eigenvalue weighted by Gasteiger charge is -2.45. The van der Waals surface area contributed by atoms with Gasteiger partial charge in [-0.05, 0) is 45.9 Å². The normalized spacial score (nSPS) is 29.5. The third kappa shape index (κ3) is 3.37. The maximum absolute atomic E-state index is 11.0. The van der Waals surface area contributed by atoms with Crippen molar-refractivity contribution in [3.63, 3.8) is 0 Å². The molecule has 2 aliphatic heterocycles. The molecule has 1 saturated heterocycles. The quantitative estimate of drug-likeness (QED) is 0.487. The van der Waals surface area contributed by atoms with Crippen LogP contribution in [0.5, 0.6) is 0 Å². The van der Waals surface area contributed by atoms with E-state index in [1.54, 1.807) is 0 Å². The first kappa shape index (κ1) is 21.9. The molecule has 1 fully saturated rings. The number of hydrogen-bond acceptors (Lipinski definition) is 6. The van der Waals surface area contributed by atoms with Gasteiger partial charge in [-0.25, -0.2) is 0 Å². The molecule has 1 spiro atoms. The Morgan fingerprint density at radius 2 is 1.66 bits per heavy atom. The highest BCUT2D eigenvalue weighted by molar-refractivity contribution is 8.00. The minimum absolute atomic E-state index is 0.298. The van der Waals surface area contributed by atoms with Gasteiger partial charge in [0.25, 0.3) is 0 Å². The summed E-state index contributed by atoms with van der Waals surface area (Å²) in [6, 6.07) is 18.9. The van der Waals surface area contributed by atoms with E-state index in [1.807, 2.05) is 12.1 Å². The first-order valence-electron chi connectivity index (χ1n) is 11.1. The zero-order chi connectivity index (χ0) is 22.5. The van der Waals surface area contributed by atoms with Crippen molar-refractivity contribution >= 4 is 22.5 Å². The largest absolute Gasteiger partial charge is 0.395 e. The Bertz CT molecular complexity index is 1130. The number of benzene rings is 3. The van der Waals surface area contributed by atoms with E-state index in [1.165, 1.54) is 22.9 Å². The van der Waals surface area contributed by atoms with Crippen LogP contribution >= 0.6 is 11.8 Å². The molecule has 0 bridgehead atoms. The van der Waals surface area contributed by atoms with Gasteiger partial charge < -0.3 is 25.2 Å². The minimum Gasteiger partial charge on any atom is -0.395 e. The standard InChI is InChI=1S/C26H28O5S/c1-2-15-7-9-16(10-8-15)11-17-12-21-20(19-6-4-3-5-18(17)19)14-31-26(21)25(30)24(29)23(28)22(13-27)32-26/h3-10,12,22-25,27-30H,2,11,13-14H2,1H3/t22-,23-,24+,25-,26+/m1/s1. The molecule has 0 amide bonds. The third-order valence-electron chi connectivity index (χ3n) is 6.82. The van der Waals surface area contributed by atoms with E-state index in [2.05, 4.69) is 49.4 Å². The van der Waals surface area contributed by atoms with Crippen molar-refractivity contribution in [2.24, 2.45) is 0 Å². The van der Waals surface area contributed by atoms with Crippen molar-refractivity contribution in [1.29, 1.82) is 0 Å². The molecule has 0 saturated carbocycles. The number of aliphatic hydroxyl groups is 4. The lowest BCUT2D eigenvalue weighted by atomic mass is 9.87. The zero-order valence-corrected chi connectivity index (χ0v) is 18.8. The molecule has 0 aliphatic carbocycles. The second-order valence-corrected chi connectivity index (χ2v) is 10.1. The summed E-state index contributed by atoms with van der Waals surface area (Å²) in [5.74, 6) is 0. The van der Waals surface area contributed by atoms with Crippen LogP contribution in [0.1, 0.15) is 34.7 Å². The molecule has 168 valence electrons. The van der Waals surface area contributed by atoms with E-state index in [4.69, 9.17) is 4.74 Å². The van der Waals surface area contributed by atoms with Gasteiger partial charge >= 0.3 is 0 Å². The summed E-state index contributed by atoms with van der Waals surface area (Å²) in [6.45, 7) is 2.12. The molecule has 3 aromatic carbocycles. The second kappa shape index (κ2) is 8.45. The molecule has 32 heavy (non-hydrogen) atoms. The van der Waals surface area contributed by atoms with Crippen LogP contribution < -0.4 is 0 Å². The van der Waals surface area contributed by atoms with Crippen LogP contribution in [0.2, 0.25) is 0 Å². The third-order valence-corrected chi connectivity index (χ3v) is 8.48. The fraction of sp³-hybridized carbons (Fsp3) is 0.385. The predicted octanol–water partition coefficient (Wildman–Crippen LogP) is 2.87. The maximum Gasteiger partial charge on any atom is 0.168 e. The number of ether oxygens (including phenoxy) is 1. The summed E-state index contributed by atoms with van der Waals surface area (Å²) >= 11 is 1.20. The van der Waals surface area contributed by atoms with Crippen molar-refractivity contribution in [3.8, 4) is 0 Å². The van der Waals surface area contributed by atoms with Crippen LogP contribution in [-0.2, 0) is 29.1 Å². The Labute approximate surface area is 191 Å². The summed E-state index contributed by atoms with van der Waals surface area (Å²) in [6.07, 6.45) is -2.23. The Morgan fingerprint density at radius 1 is 0.969 bits per heavy atom. The highest BCUT2D eigenvalue weighted by atomic mass is 32.2. The van der Waals surface area contributed by atoms with Gasteiger partial charge in [0.05, 0.1) is 24.6 Å². The highest BCUT2D eigenvalue weighted by Gasteiger charge is 2.57. The van der Waals surface area contributed by atoms with Crippen LogP contribution in [0.25, 0.3) is 10.8 Å². The number of hydrogen-bond donors (Lipinski definition) is 4. The van der Waals surface area contributed by atoms with Crippen molar-refractivity contribution in [1.82, 2.24) is 0 Å². The number of rotatable bonds is 4. The smallest absolute Gasteiger partial charge is 0.168 e.